The fourth-order valence-electron chi connectivity index (χ4n) is 3.38. The number of benzene rings is 2. The van der Waals surface area contributed by atoms with Crippen LogP contribution >= 0.6 is 0 Å². The van der Waals surface area contributed by atoms with Crippen LogP contribution in [0.15, 0.2) is 53.3 Å². The number of furan rings is 1. The number of hydrogen-bond donors (Lipinski definition) is 2. The van der Waals surface area contributed by atoms with Crippen molar-refractivity contribution in [1.29, 1.82) is 0 Å². The lowest BCUT2D eigenvalue weighted by Crippen LogP contribution is -2.50. The van der Waals surface area contributed by atoms with Gasteiger partial charge in [-0.25, -0.2) is 0 Å². The van der Waals surface area contributed by atoms with E-state index in [-0.39, 0.29) is 16.7 Å². The van der Waals surface area contributed by atoms with Crippen LogP contribution in [0, 0.1) is 0 Å². The Bertz CT molecular complexity index is 1360. The first-order chi connectivity index (χ1) is 15.2. The van der Waals surface area contributed by atoms with Gasteiger partial charge in [-0.3, -0.25) is 14.6 Å². The zero-order valence-corrected chi connectivity index (χ0v) is 18.2. The summed E-state index contributed by atoms with van der Waals surface area (Å²) < 4.78 is 16.9. The standard InChI is InChI=1S/C21H20B3N3O5/c1-30-17-8-15-12(7-13(17)19(25)28)16(4-5-26-15)32-10-2-3-11-14(9-31-18(11)6-10)20(29)27-21(22,23)24/h2-9H,22-24H2,1H3,(H2,25,28)(H,27,29). The molecular formula is C21H20B3N3O5. The van der Waals surface area contributed by atoms with E-state index in [0.29, 0.717) is 44.7 Å². The minimum atomic E-state index is -0.614. The minimum Gasteiger partial charge on any atom is -0.496 e. The third-order valence-corrected chi connectivity index (χ3v) is 4.80. The van der Waals surface area contributed by atoms with Crippen molar-refractivity contribution in [3.63, 3.8) is 0 Å². The summed E-state index contributed by atoms with van der Waals surface area (Å²) in [5, 5.41) is 3.85. The van der Waals surface area contributed by atoms with Gasteiger partial charge in [0.1, 0.15) is 52.6 Å². The van der Waals surface area contributed by atoms with Crippen molar-refractivity contribution < 1.29 is 23.5 Å². The lowest BCUT2D eigenvalue weighted by Gasteiger charge is -2.20. The Balaban J connectivity index is 1.70. The van der Waals surface area contributed by atoms with E-state index in [0.717, 1.165) is 0 Å². The van der Waals surface area contributed by atoms with Gasteiger partial charge < -0.3 is 24.9 Å². The fraction of sp³-hybridized carbons (Fsp3) is 0.0952. The summed E-state index contributed by atoms with van der Waals surface area (Å²) in [6.07, 6.45) is 3.03. The third-order valence-electron chi connectivity index (χ3n) is 4.80. The number of fused-ring (bicyclic) bond motifs is 2. The van der Waals surface area contributed by atoms with Crippen LogP contribution in [0.25, 0.3) is 21.9 Å². The summed E-state index contributed by atoms with van der Waals surface area (Å²) in [5.74, 6) is 0.498. The lowest BCUT2D eigenvalue weighted by molar-refractivity contribution is 0.0951. The Morgan fingerprint density at radius 1 is 1.06 bits per heavy atom. The van der Waals surface area contributed by atoms with Gasteiger partial charge in [0, 0.05) is 29.1 Å². The van der Waals surface area contributed by atoms with Crippen molar-refractivity contribution in [1.82, 2.24) is 10.3 Å². The molecule has 8 nitrogen and oxygen atoms in total. The number of carbonyl (C=O) groups excluding carboxylic acids is 2. The van der Waals surface area contributed by atoms with Crippen LogP contribution in [-0.2, 0) is 0 Å². The average Bonchev–Trinajstić information content (AvgIpc) is 3.15. The van der Waals surface area contributed by atoms with Gasteiger partial charge in [-0.05, 0) is 29.5 Å². The van der Waals surface area contributed by atoms with Gasteiger partial charge >= 0.3 is 0 Å². The second kappa shape index (κ2) is 7.99. The van der Waals surface area contributed by atoms with Gasteiger partial charge in [0.25, 0.3) is 11.8 Å². The topological polar surface area (TPSA) is 117 Å². The fourth-order valence-corrected chi connectivity index (χ4v) is 3.38. The van der Waals surface area contributed by atoms with Crippen LogP contribution in [0.1, 0.15) is 20.7 Å². The number of nitrogens with zero attached hydrogens (tertiary/aromatic N) is 1. The molecule has 0 radical (unpaired) electrons. The molecule has 0 saturated heterocycles. The quantitative estimate of drug-likeness (QED) is 0.423. The number of amides is 2. The van der Waals surface area contributed by atoms with Gasteiger partial charge in [-0.1, -0.05) is 0 Å². The Labute approximate surface area is 186 Å². The Kier molecular flexibility index (Phi) is 5.34. The van der Waals surface area contributed by atoms with Crippen molar-refractivity contribution in [2.24, 2.45) is 5.73 Å². The number of primary amides is 1. The highest BCUT2D eigenvalue weighted by atomic mass is 16.5. The molecule has 3 N–H and O–H groups in total. The van der Waals surface area contributed by atoms with Gasteiger partial charge in [0.15, 0.2) is 0 Å². The molecule has 0 bridgehead atoms. The number of nitrogens with one attached hydrogen (secondary N) is 1. The summed E-state index contributed by atoms with van der Waals surface area (Å²) in [6, 6.07) is 10.1. The number of rotatable bonds is 6. The Hall–Kier alpha value is -3.88. The zero-order chi connectivity index (χ0) is 23.0. The maximum Gasteiger partial charge on any atom is 0.253 e. The largest absolute Gasteiger partial charge is 0.496 e. The molecule has 0 saturated carbocycles. The summed E-state index contributed by atoms with van der Waals surface area (Å²) >= 11 is 0. The highest BCUT2D eigenvalue weighted by Gasteiger charge is 2.20. The molecule has 0 aliphatic rings. The second-order valence-corrected chi connectivity index (χ2v) is 8.36. The highest BCUT2D eigenvalue weighted by Crippen LogP contribution is 2.34. The first kappa shape index (κ1) is 21.4. The average molecular weight is 427 g/mol. The molecule has 4 rings (SSSR count). The monoisotopic (exact) mass is 427 g/mol. The maximum atomic E-state index is 12.5. The van der Waals surface area contributed by atoms with Gasteiger partial charge in [-0.2, -0.15) is 0 Å². The molecule has 0 aliphatic carbocycles. The number of ether oxygens (including phenoxy) is 2. The Morgan fingerprint density at radius 2 is 1.84 bits per heavy atom. The molecule has 2 aromatic carbocycles. The van der Waals surface area contributed by atoms with Crippen molar-refractivity contribution in [2.45, 2.75) is 5.24 Å². The van der Waals surface area contributed by atoms with Crippen LogP contribution in [0.5, 0.6) is 17.2 Å². The van der Waals surface area contributed by atoms with Crippen LogP contribution < -0.4 is 20.5 Å². The minimum absolute atomic E-state index is 0.210. The number of methoxy groups -OCH3 is 1. The number of nitrogens with two attached hydrogens (primary N) is 1. The molecule has 32 heavy (non-hydrogen) atoms. The van der Waals surface area contributed by atoms with Crippen molar-refractivity contribution >= 4 is 57.2 Å². The molecule has 2 aromatic heterocycles. The molecule has 4 aromatic rings. The number of aromatic nitrogens is 1. The zero-order valence-electron chi connectivity index (χ0n) is 18.2. The predicted molar refractivity (Wildman–Crippen MR) is 129 cm³/mol. The molecule has 0 spiro atoms. The SMILES string of the molecule is BC(B)(B)NC(=O)c1coc2cc(Oc3ccnc4cc(OC)c(C(N)=O)cc34)ccc12. The molecule has 2 heterocycles. The van der Waals surface area contributed by atoms with Crippen LogP contribution in [-0.4, -0.2) is 52.7 Å². The van der Waals surface area contributed by atoms with Gasteiger partial charge in [-0.15, -0.1) is 0 Å². The molecule has 0 unspecified atom stereocenters. The second-order valence-electron chi connectivity index (χ2n) is 8.36. The van der Waals surface area contributed by atoms with Crippen LogP contribution in [0.2, 0.25) is 0 Å². The van der Waals surface area contributed by atoms with Crippen molar-refractivity contribution in [3.8, 4) is 17.2 Å². The predicted octanol–water partition coefficient (Wildman–Crippen LogP) is 0.121. The van der Waals surface area contributed by atoms with Crippen LogP contribution in [0.3, 0.4) is 0 Å². The van der Waals surface area contributed by atoms with Crippen molar-refractivity contribution in [2.75, 3.05) is 7.11 Å². The van der Waals surface area contributed by atoms with E-state index >= 15 is 0 Å². The number of hydrogen-bond acceptors (Lipinski definition) is 6. The number of carbonyl (C=O) groups is 2. The summed E-state index contributed by atoms with van der Waals surface area (Å²) in [6.45, 7) is 0. The molecule has 11 heteroatoms. The van der Waals surface area contributed by atoms with Crippen LogP contribution in [0.4, 0.5) is 0 Å². The van der Waals surface area contributed by atoms with E-state index in [1.165, 1.54) is 13.4 Å². The first-order valence-electron chi connectivity index (χ1n) is 9.94. The highest BCUT2D eigenvalue weighted by molar-refractivity contribution is 6.60. The van der Waals surface area contributed by atoms with E-state index < -0.39 is 5.91 Å². The third kappa shape index (κ3) is 4.14. The molecule has 158 valence electrons. The molecule has 0 atom stereocenters. The van der Waals surface area contributed by atoms with E-state index in [2.05, 4.69) is 10.3 Å². The molecule has 0 fully saturated rings. The maximum absolute atomic E-state index is 12.5. The summed E-state index contributed by atoms with van der Waals surface area (Å²) in [7, 11) is 7.20. The van der Waals surface area contributed by atoms with Crippen molar-refractivity contribution in [3.05, 3.63) is 60.0 Å². The van der Waals surface area contributed by atoms with E-state index in [1.807, 2.05) is 23.5 Å². The van der Waals surface area contributed by atoms with E-state index in [9.17, 15) is 9.59 Å². The molecule has 2 amide bonds. The van der Waals surface area contributed by atoms with E-state index in [1.54, 1.807) is 42.6 Å². The molecular weight excluding hydrogens is 407 g/mol. The normalized spacial score (nSPS) is 11.4. The summed E-state index contributed by atoms with van der Waals surface area (Å²) in [5.41, 5.74) is 7.27. The Morgan fingerprint density at radius 3 is 2.53 bits per heavy atom. The van der Waals surface area contributed by atoms with Gasteiger partial charge in [0.2, 0.25) is 0 Å². The molecule has 0 aliphatic heterocycles. The summed E-state index contributed by atoms with van der Waals surface area (Å²) in [4.78, 5) is 28.7. The first-order valence-corrected chi connectivity index (χ1v) is 9.94. The lowest BCUT2D eigenvalue weighted by atomic mass is 9.49. The smallest absolute Gasteiger partial charge is 0.253 e. The van der Waals surface area contributed by atoms with Gasteiger partial charge in [0.05, 0.1) is 23.8 Å². The number of pyridine rings is 1. The van der Waals surface area contributed by atoms with E-state index in [4.69, 9.17) is 19.6 Å².